The molecule has 66 valence electrons. The Balaban J connectivity index is 1.91. The fourth-order valence-electron chi connectivity index (χ4n) is 1.80. The van der Waals surface area contributed by atoms with E-state index in [1.165, 1.54) is 32.1 Å². The third-order valence-electron chi connectivity index (χ3n) is 2.47. The van der Waals surface area contributed by atoms with Crippen molar-refractivity contribution in [2.75, 3.05) is 6.61 Å². The van der Waals surface area contributed by atoms with Crippen molar-refractivity contribution in [3.63, 3.8) is 0 Å². The number of hydrogen-bond acceptors (Lipinski definition) is 2. The zero-order valence-corrected chi connectivity index (χ0v) is 7.33. The van der Waals surface area contributed by atoms with Crippen LogP contribution in [-0.2, 0) is 4.74 Å². The summed E-state index contributed by atoms with van der Waals surface area (Å²) in [6, 6.07) is 0.538. The number of aliphatic imine (C=N–C) groups is 1. The first kappa shape index (κ1) is 7.84. The first-order valence-electron chi connectivity index (χ1n) is 4.82. The molecule has 0 radical (unpaired) electrons. The highest BCUT2D eigenvalue weighted by atomic mass is 16.5. The Morgan fingerprint density at radius 2 is 2.08 bits per heavy atom. The van der Waals surface area contributed by atoms with Crippen molar-refractivity contribution in [1.82, 2.24) is 0 Å². The molecule has 2 rings (SSSR count). The molecule has 12 heavy (non-hydrogen) atoms. The van der Waals surface area contributed by atoms with Crippen LogP contribution in [-0.4, -0.2) is 18.5 Å². The molecule has 0 N–H and O–H groups in total. The lowest BCUT2D eigenvalue weighted by Crippen LogP contribution is -2.12. The standard InChI is InChI=1S/C10H15NO/c1-2-5-9(6-3-1)11-10-7-4-8-12-10/h4,7,9H,1-3,5-6,8H2. The molecule has 0 unspecified atom stereocenters. The number of rotatable bonds is 1. The minimum absolute atomic E-state index is 0.538. The molecule has 2 aliphatic rings. The van der Waals surface area contributed by atoms with E-state index in [1.54, 1.807) is 0 Å². The molecule has 0 saturated heterocycles. The van der Waals surface area contributed by atoms with E-state index in [-0.39, 0.29) is 0 Å². The lowest BCUT2D eigenvalue weighted by molar-refractivity contribution is 0.355. The highest BCUT2D eigenvalue weighted by Crippen LogP contribution is 2.20. The Hall–Kier alpha value is -0.790. The zero-order chi connectivity index (χ0) is 8.23. The second kappa shape index (κ2) is 3.74. The predicted molar refractivity (Wildman–Crippen MR) is 49.4 cm³/mol. The fraction of sp³-hybridized carbons (Fsp3) is 0.700. The van der Waals surface area contributed by atoms with Gasteiger partial charge in [-0.25, -0.2) is 4.99 Å². The van der Waals surface area contributed by atoms with Gasteiger partial charge in [0.05, 0.1) is 6.04 Å². The molecule has 2 heteroatoms. The zero-order valence-electron chi connectivity index (χ0n) is 7.33. The van der Waals surface area contributed by atoms with Gasteiger partial charge >= 0.3 is 0 Å². The quantitative estimate of drug-likeness (QED) is 0.584. The van der Waals surface area contributed by atoms with E-state index in [1.807, 2.05) is 12.2 Å². The van der Waals surface area contributed by atoms with Crippen molar-refractivity contribution in [1.29, 1.82) is 0 Å². The van der Waals surface area contributed by atoms with Gasteiger partial charge in [0.1, 0.15) is 6.61 Å². The van der Waals surface area contributed by atoms with Crippen LogP contribution in [0.25, 0.3) is 0 Å². The molecule has 0 amide bonds. The number of hydrogen-bond donors (Lipinski definition) is 0. The number of ether oxygens (including phenoxy) is 1. The molecule has 0 aromatic carbocycles. The monoisotopic (exact) mass is 165 g/mol. The van der Waals surface area contributed by atoms with Crippen molar-refractivity contribution in [3.05, 3.63) is 12.2 Å². The molecular weight excluding hydrogens is 150 g/mol. The van der Waals surface area contributed by atoms with Crippen LogP contribution in [0.15, 0.2) is 17.1 Å². The van der Waals surface area contributed by atoms with Gasteiger partial charge in [0.2, 0.25) is 5.90 Å². The summed E-state index contributed by atoms with van der Waals surface area (Å²) in [7, 11) is 0. The van der Waals surface area contributed by atoms with Crippen LogP contribution >= 0.6 is 0 Å². The van der Waals surface area contributed by atoms with Crippen LogP contribution in [0.1, 0.15) is 32.1 Å². The first-order chi connectivity index (χ1) is 5.95. The van der Waals surface area contributed by atoms with Crippen LogP contribution in [0.3, 0.4) is 0 Å². The molecule has 1 aliphatic carbocycles. The summed E-state index contributed by atoms with van der Waals surface area (Å²) < 4.78 is 5.29. The molecule has 2 nitrogen and oxygen atoms in total. The van der Waals surface area contributed by atoms with Crippen molar-refractivity contribution in [3.8, 4) is 0 Å². The summed E-state index contributed by atoms with van der Waals surface area (Å²) in [4.78, 5) is 4.54. The summed E-state index contributed by atoms with van der Waals surface area (Å²) in [6.45, 7) is 0.714. The van der Waals surface area contributed by atoms with Crippen molar-refractivity contribution in [2.45, 2.75) is 38.1 Å². The Bertz CT molecular complexity index is 202. The first-order valence-corrected chi connectivity index (χ1v) is 4.82. The third kappa shape index (κ3) is 1.87. The van der Waals surface area contributed by atoms with Crippen LogP contribution in [0.5, 0.6) is 0 Å². The van der Waals surface area contributed by atoms with E-state index >= 15 is 0 Å². The van der Waals surface area contributed by atoms with Crippen LogP contribution in [0.4, 0.5) is 0 Å². The SMILES string of the molecule is C1=CC(=NC2CCCCC2)OC1. The Morgan fingerprint density at radius 1 is 1.25 bits per heavy atom. The summed E-state index contributed by atoms with van der Waals surface area (Å²) in [5.41, 5.74) is 0. The van der Waals surface area contributed by atoms with Gasteiger partial charge in [-0.3, -0.25) is 0 Å². The van der Waals surface area contributed by atoms with E-state index in [0.717, 1.165) is 5.90 Å². The van der Waals surface area contributed by atoms with Gasteiger partial charge in [-0.2, -0.15) is 0 Å². The topological polar surface area (TPSA) is 21.6 Å². The molecule has 0 spiro atoms. The number of nitrogens with zero attached hydrogens (tertiary/aromatic N) is 1. The van der Waals surface area contributed by atoms with Gasteiger partial charge in [0, 0.05) is 0 Å². The van der Waals surface area contributed by atoms with E-state index in [2.05, 4.69) is 4.99 Å². The maximum Gasteiger partial charge on any atom is 0.208 e. The fourth-order valence-corrected chi connectivity index (χ4v) is 1.80. The minimum Gasteiger partial charge on any atom is -0.474 e. The van der Waals surface area contributed by atoms with Crippen LogP contribution in [0, 0.1) is 0 Å². The van der Waals surface area contributed by atoms with Crippen molar-refractivity contribution in [2.24, 2.45) is 4.99 Å². The normalized spacial score (nSPS) is 27.8. The van der Waals surface area contributed by atoms with Gasteiger partial charge in [0.15, 0.2) is 0 Å². The molecular formula is C10H15NO. The second-order valence-electron chi connectivity index (χ2n) is 3.47. The van der Waals surface area contributed by atoms with Crippen molar-refractivity contribution >= 4 is 5.90 Å². The summed E-state index contributed by atoms with van der Waals surface area (Å²) in [6.07, 6.45) is 10.6. The minimum atomic E-state index is 0.538. The smallest absolute Gasteiger partial charge is 0.208 e. The molecule has 1 heterocycles. The van der Waals surface area contributed by atoms with E-state index in [0.29, 0.717) is 12.6 Å². The maximum atomic E-state index is 5.29. The largest absolute Gasteiger partial charge is 0.474 e. The van der Waals surface area contributed by atoms with Crippen molar-refractivity contribution < 1.29 is 4.74 Å². The Kier molecular flexibility index (Phi) is 2.45. The molecule has 1 saturated carbocycles. The highest BCUT2D eigenvalue weighted by molar-refractivity contribution is 5.89. The molecule has 0 atom stereocenters. The Morgan fingerprint density at radius 3 is 2.75 bits per heavy atom. The molecule has 1 fully saturated rings. The average molecular weight is 165 g/mol. The second-order valence-corrected chi connectivity index (χ2v) is 3.47. The van der Waals surface area contributed by atoms with E-state index < -0.39 is 0 Å². The molecule has 0 aromatic heterocycles. The summed E-state index contributed by atoms with van der Waals surface area (Å²) in [5, 5.41) is 0. The molecule has 0 bridgehead atoms. The summed E-state index contributed by atoms with van der Waals surface area (Å²) in [5.74, 6) is 0.849. The highest BCUT2D eigenvalue weighted by Gasteiger charge is 2.13. The van der Waals surface area contributed by atoms with E-state index in [4.69, 9.17) is 4.74 Å². The lowest BCUT2D eigenvalue weighted by Gasteiger charge is -2.17. The van der Waals surface area contributed by atoms with Gasteiger partial charge in [-0.15, -0.1) is 0 Å². The van der Waals surface area contributed by atoms with Gasteiger partial charge in [0.25, 0.3) is 0 Å². The lowest BCUT2D eigenvalue weighted by atomic mass is 9.96. The third-order valence-corrected chi connectivity index (χ3v) is 2.47. The summed E-state index contributed by atoms with van der Waals surface area (Å²) >= 11 is 0. The van der Waals surface area contributed by atoms with Gasteiger partial charge < -0.3 is 4.74 Å². The Labute approximate surface area is 73.3 Å². The van der Waals surface area contributed by atoms with Gasteiger partial charge in [-0.1, -0.05) is 19.3 Å². The molecule has 0 aromatic rings. The van der Waals surface area contributed by atoms with Gasteiger partial charge in [-0.05, 0) is 25.0 Å². The average Bonchev–Trinajstić information content (AvgIpc) is 2.59. The predicted octanol–water partition coefficient (Wildman–Crippen LogP) is 2.30. The van der Waals surface area contributed by atoms with E-state index in [9.17, 15) is 0 Å². The maximum absolute atomic E-state index is 5.29. The van der Waals surface area contributed by atoms with Crippen LogP contribution < -0.4 is 0 Å². The van der Waals surface area contributed by atoms with Crippen LogP contribution in [0.2, 0.25) is 0 Å². The molecule has 1 aliphatic heterocycles.